The zero-order valence-corrected chi connectivity index (χ0v) is 12.4. The van der Waals surface area contributed by atoms with E-state index in [2.05, 4.69) is 44.9 Å². The van der Waals surface area contributed by atoms with Crippen molar-refractivity contribution < 1.29 is 0 Å². The molecule has 0 fully saturated rings. The van der Waals surface area contributed by atoms with Crippen LogP contribution in [0.4, 0.5) is 5.82 Å². The molecule has 3 heterocycles. The van der Waals surface area contributed by atoms with Gasteiger partial charge in [-0.3, -0.25) is 4.98 Å². The van der Waals surface area contributed by atoms with Gasteiger partial charge in [0.15, 0.2) is 0 Å². The first kappa shape index (κ1) is 13.5. The van der Waals surface area contributed by atoms with Crippen LogP contribution in [0.2, 0.25) is 0 Å². The van der Waals surface area contributed by atoms with Crippen LogP contribution in [-0.2, 0) is 6.42 Å². The zero-order chi connectivity index (χ0) is 14.8. The summed E-state index contributed by atoms with van der Waals surface area (Å²) < 4.78 is 1.76. The third kappa shape index (κ3) is 2.44. The quantitative estimate of drug-likeness (QED) is 0.734. The first-order chi connectivity index (χ1) is 10.2. The molecule has 0 aliphatic carbocycles. The van der Waals surface area contributed by atoms with Gasteiger partial charge >= 0.3 is 0 Å². The minimum atomic E-state index is 0.130. The van der Waals surface area contributed by atoms with E-state index in [9.17, 15) is 0 Å². The molecule has 1 unspecified atom stereocenters. The van der Waals surface area contributed by atoms with Crippen molar-refractivity contribution >= 4 is 11.6 Å². The lowest BCUT2D eigenvalue weighted by Crippen LogP contribution is -2.25. The number of rotatable bonds is 4. The number of pyridine rings is 1. The second kappa shape index (κ2) is 5.47. The third-order valence-corrected chi connectivity index (χ3v) is 3.71. The van der Waals surface area contributed by atoms with Gasteiger partial charge in [-0.05, 0) is 25.5 Å². The summed E-state index contributed by atoms with van der Waals surface area (Å²) in [6.45, 7) is 4.21. The Hall–Kier alpha value is -2.50. The predicted molar refractivity (Wildman–Crippen MR) is 81.2 cm³/mol. The number of nitrogens with zero attached hydrogens (tertiary/aromatic N) is 6. The topological polar surface area (TPSA) is 59.2 Å². The minimum Gasteiger partial charge on any atom is -0.351 e. The monoisotopic (exact) mass is 282 g/mol. The van der Waals surface area contributed by atoms with Crippen molar-refractivity contribution in [3.8, 4) is 0 Å². The molecule has 21 heavy (non-hydrogen) atoms. The van der Waals surface area contributed by atoms with Crippen molar-refractivity contribution in [2.75, 3.05) is 11.9 Å². The minimum absolute atomic E-state index is 0.130. The van der Waals surface area contributed by atoms with Crippen molar-refractivity contribution in [2.45, 2.75) is 26.3 Å². The average molecular weight is 282 g/mol. The largest absolute Gasteiger partial charge is 0.351 e. The fourth-order valence-corrected chi connectivity index (χ4v) is 2.30. The molecule has 3 rings (SSSR count). The van der Waals surface area contributed by atoms with Crippen molar-refractivity contribution in [1.29, 1.82) is 0 Å². The summed E-state index contributed by atoms with van der Waals surface area (Å²) in [6.07, 6.45) is 4.21. The van der Waals surface area contributed by atoms with E-state index in [1.54, 1.807) is 4.52 Å². The first-order valence-corrected chi connectivity index (χ1v) is 7.04. The molecule has 0 bridgehead atoms. The van der Waals surface area contributed by atoms with Gasteiger partial charge in [-0.1, -0.05) is 13.0 Å². The Morgan fingerprint density at radius 3 is 2.86 bits per heavy atom. The van der Waals surface area contributed by atoms with Crippen LogP contribution < -0.4 is 4.90 Å². The highest BCUT2D eigenvalue weighted by atomic mass is 15.4. The highest BCUT2D eigenvalue weighted by Crippen LogP contribution is 2.24. The lowest BCUT2D eigenvalue weighted by Gasteiger charge is -2.26. The Kier molecular flexibility index (Phi) is 3.51. The SMILES string of the molecule is CCc1cc(N(C)C(C)c2ccccn2)n2ncnc2n1. The number of fused-ring (bicyclic) bond motifs is 1. The molecule has 6 nitrogen and oxygen atoms in total. The highest BCUT2D eigenvalue weighted by Gasteiger charge is 2.17. The molecule has 0 saturated carbocycles. The van der Waals surface area contributed by atoms with Crippen LogP contribution in [0.25, 0.3) is 5.78 Å². The molecule has 0 spiro atoms. The van der Waals surface area contributed by atoms with Gasteiger partial charge in [0.05, 0.1) is 11.7 Å². The summed E-state index contributed by atoms with van der Waals surface area (Å²) in [5, 5.41) is 4.27. The van der Waals surface area contributed by atoms with Gasteiger partial charge in [0.2, 0.25) is 0 Å². The number of aromatic nitrogens is 5. The van der Waals surface area contributed by atoms with Crippen LogP contribution >= 0.6 is 0 Å². The van der Waals surface area contributed by atoms with E-state index in [4.69, 9.17) is 0 Å². The van der Waals surface area contributed by atoms with Crippen LogP contribution in [0, 0.1) is 0 Å². The molecule has 0 N–H and O–H groups in total. The molecule has 108 valence electrons. The van der Waals surface area contributed by atoms with E-state index in [1.807, 2.05) is 31.4 Å². The molecule has 3 aromatic heterocycles. The van der Waals surface area contributed by atoms with Gasteiger partial charge in [0.1, 0.15) is 12.1 Å². The number of hydrogen-bond acceptors (Lipinski definition) is 5. The lowest BCUT2D eigenvalue weighted by atomic mass is 10.2. The Labute approximate surface area is 123 Å². The van der Waals surface area contributed by atoms with Gasteiger partial charge in [0.25, 0.3) is 5.78 Å². The molecule has 0 aromatic carbocycles. The van der Waals surface area contributed by atoms with Crippen molar-refractivity contribution in [3.05, 3.63) is 48.2 Å². The van der Waals surface area contributed by atoms with E-state index in [0.717, 1.165) is 23.6 Å². The standard InChI is InChI=1S/C15H18N6/c1-4-12-9-14(21-15(19-12)17-10-18-21)20(3)11(2)13-7-5-6-8-16-13/h5-11H,4H2,1-3H3. The Morgan fingerprint density at radius 1 is 1.29 bits per heavy atom. The van der Waals surface area contributed by atoms with Gasteiger partial charge in [-0.15, -0.1) is 0 Å². The smallest absolute Gasteiger partial charge is 0.254 e. The Balaban J connectivity index is 2.04. The van der Waals surface area contributed by atoms with Crippen LogP contribution in [0.3, 0.4) is 0 Å². The van der Waals surface area contributed by atoms with E-state index in [-0.39, 0.29) is 6.04 Å². The number of hydrogen-bond donors (Lipinski definition) is 0. The maximum Gasteiger partial charge on any atom is 0.254 e. The summed E-state index contributed by atoms with van der Waals surface area (Å²) in [5.41, 5.74) is 2.02. The maximum atomic E-state index is 4.48. The van der Waals surface area contributed by atoms with E-state index in [1.165, 1.54) is 6.33 Å². The predicted octanol–water partition coefficient (Wildman–Crippen LogP) is 2.28. The first-order valence-electron chi connectivity index (χ1n) is 7.04. The fourth-order valence-electron chi connectivity index (χ4n) is 2.30. The van der Waals surface area contributed by atoms with Gasteiger partial charge in [-0.2, -0.15) is 14.6 Å². The average Bonchev–Trinajstić information content (AvgIpc) is 3.01. The molecule has 0 radical (unpaired) electrons. The van der Waals surface area contributed by atoms with Crippen LogP contribution in [0.15, 0.2) is 36.8 Å². The Morgan fingerprint density at radius 2 is 2.14 bits per heavy atom. The summed E-state index contributed by atoms with van der Waals surface area (Å²) in [5.74, 6) is 1.59. The van der Waals surface area contributed by atoms with Gasteiger partial charge < -0.3 is 4.90 Å². The van der Waals surface area contributed by atoms with Crippen molar-refractivity contribution in [2.24, 2.45) is 0 Å². The fraction of sp³-hybridized carbons (Fsp3) is 0.333. The molecular weight excluding hydrogens is 264 g/mol. The normalized spacial score (nSPS) is 12.5. The van der Waals surface area contributed by atoms with Crippen molar-refractivity contribution in [3.63, 3.8) is 0 Å². The lowest BCUT2D eigenvalue weighted by molar-refractivity contribution is 0.688. The van der Waals surface area contributed by atoms with Crippen LogP contribution in [0.5, 0.6) is 0 Å². The molecular formula is C15H18N6. The van der Waals surface area contributed by atoms with E-state index >= 15 is 0 Å². The molecule has 0 saturated heterocycles. The van der Waals surface area contributed by atoms with E-state index in [0.29, 0.717) is 5.78 Å². The summed E-state index contributed by atoms with van der Waals surface area (Å²) >= 11 is 0. The summed E-state index contributed by atoms with van der Waals surface area (Å²) in [7, 11) is 2.04. The molecule has 6 heteroatoms. The highest BCUT2D eigenvalue weighted by molar-refractivity contribution is 5.48. The zero-order valence-electron chi connectivity index (χ0n) is 12.4. The van der Waals surface area contributed by atoms with Gasteiger partial charge in [-0.25, -0.2) is 4.98 Å². The molecule has 0 aliphatic rings. The third-order valence-electron chi connectivity index (χ3n) is 3.71. The Bertz CT molecular complexity index is 736. The number of aryl methyl sites for hydroxylation is 1. The summed E-state index contributed by atoms with van der Waals surface area (Å²) in [4.78, 5) is 15.3. The van der Waals surface area contributed by atoms with E-state index < -0.39 is 0 Å². The maximum absolute atomic E-state index is 4.48. The second-order valence-corrected chi connectivity index (χ2v) is 4.97. The van der Waals surface area contributed by atoms with Crippen LogP contribution in [0.1, 0.15) is 31.3 Å². The summed E-state index contributed by atoms with van der Waals surface area (Å²) in [6, 6.07) is 8.14. The van der Waals surface area contributed by atoms with Gasteiger partial charge in [0, 0.05) is 25.0 Å². The molecule has 1 atom stereocenters. The van der Waals surface area contributed by atoms with Crippen molar-refractivity contribution in [1.82, 2.24) is 24.6 Å². The number of anilines is 1. The molecule has 0 amide bonds. The molecule has 0 aliphatic heterocycles. The molecule has 3 aromatic rings. The second-order valence-electron chi connectivity index (χ2n) is 4.97. The van der Waals surface area contributed by atoms with Crippen LogP contribution in [-0.4, -0.2) is 31.6 Å².